The van der Waals surface area contributed by atoms with E-state index in [4.69, 9.17) is 0 Å². The van der Waals surface area contributed by atoms with Crippen LogP contribution >= 0.6 is 0 Å². The highest BCUT2D eigenvalue weighted by atomic mass is 32.2. The first-order valence-electron chi connectivity index (χ1n) is 13.9. The topological polar surface area (TPSA) is 86.8 Å². The number of nitrogens with one attached hydrogen (secondary N) is 1. The fourth-order valence-corrected chi connectivity index (χ4v) is 6.13. The Hall–Kier alpha value is -2.87. The second-order valence-electron chi connectivity index (χ2n) is 10.2. The van der Waals surface area contributed by atoms with Gasteiger partial charge in [-0.05, 0) is 61.8 Å². The van der Waals surface area contributed by atoms with Gasteiger partial charge in [0, 0.05) is 25.6 Å². The highest BCUT2D eigenvalue weighted by molar-refractivity contribution is 7.92. The first kappa shape index (κ1) is 29.7. The summed E-state index contributed by atoms with van der Waals surface area (Å²) in [7, 11) is -3.51. The highest BCUT2D eigenvalue weighted by Crippen LogP contribution is 2.21. The van der Waals surface area contributed by atoms with Crippen LogP contribution in [0.3, 0.4) is 0 Å². The standard InChI is InChI=1S/C30H43N3O4S/c1-4-24-17-19-27(20-18-24)33(38(3,36)37)22-11-16-29(34)32(23-21-25-12-7-6-8-13-25)28(5-2)30(35)31-26-14-9-10-15-26/h6-8,12-13,17-20,26,28H,4-5,9-11,14-16,21-23H2,1-3H3,(H,31,35)/t28-/m1/s1. The lowest BCUT2D eigenvalue weighted by atomic mass is 10.1. The molecule has 1 fully saturated rings. The van der Waals surface area contributed by atoms with Crippen molar-refractivity contribution in [1.82, 2.24) is 10.2 Å². The maximum absolute atomic E-state index is 13.5. The van der Waals surface area contributed by atoms with Crippen molar-refractivity contribution in [3.05, 3.63) is 65.7 Å². The number of carbonyl (C=O) groups is 2. The zero-order valence-electron chi connectivity index (χ0n) is 23.1. The van der Waals surface area contributed by atoms with Gasteiger partial charge in [-0.15, -0.1) is 0 Å². The third kappa shape index (κ3) is 8.58. The van der Waals surface area contributed by atoms with E-state index in [9.17, 15) is 18.0 Å². The molecule has 0 spiro atoms. The Kier molecular flexibility index (Phi) is 11.2. The lowest BCUT2D eigenvalue weighted by Crippen LogP contribution is -2.52. The van der Waals surface area contributed by atoms with Gasteiger partial charge in [-0.1, -0.05) is 69.2 Å². The minimum absolute atomic E-state index is 0.0883. The Bertz CT molecular complexity index is 1130. The summed E-state index contributed by atoms with van der Waals surface area (Å²) in [4.78, 5) is 28.5. The number of rotatable bonds is 14. The van der Waals surface area contributed by atoms with E-state index in [1.165, 1.54) is 10.6 Å². The Balaban J connectivity index is 1.70. The molecule has 0 unspecified atom stereocenters. The number of nitrogens with zero attached hydrogens (tertiary/aromatic N) is 2. The first-order valence-corrected chi connectivity index (χ1v) is 15.8. The fourth-order valence-electron chi connectivity index (χ4n) is 5.17. The summed E-state index contributed by atoms with van der Waals surface area (Å²) in [6, 6.07) is 17.1. The van der Waals surface area contributed by atoms with Gasteiger partial charge in [0.1, 0.15) is 6.04 Å². The third-order valence-corrected chi connectivity index (χ3v) is 8.55. The van der Waals surface area contributed by atoms with Gasteiger partial charge in [0.15, 0.2) is 0 Å². The average molecular weight is 542 g/mol. The molecular weight excluding hydrogens is 498 g/mol. The molecule has 0 saturated heterocycles. The van der Waals surface area contributed by atoms with Crippen LogP contribution in [0.4, 0.5) is 5.69 Å². The summed E-state index contributed by atoms with van der Waals surface area (Å²) in [5.74, 6) is -0.210. The lowest BCUT2D eigenvalue weighted by molar-refractivity contribution is -0.141. The first-order chi connectivity index (χ1) is 18.2. The molecule has 2 amide bonds. The zero-order chi connectivity index (χ0) is 27.5. The smallest absolute Gasteiger partial charge is 0.243 e. The van der Waals surface area contributed by atoms with Crippen LogP contribution < -0.4 is 9.62 Å². The van der Waals surface area contributed by atoms with Crippen LogP contribution in [0.5, 0.6) is 0 Å². The van der Waals surface area contributed by atoms with Crippen molar-refractivity contribution < 1.29 is 18.0 Å². The third-order valence-electron chi connectivity index (χ3n) is 7.36. The molecule has 1 aliphatic rings. The predicted molar refractivity (Wildman–Crippen MR) is 154 cm³/mol. The molecular formula is C30H43N3O4S. The number of anilines is 1. The Morgan fingerprint density at radius 3 is 2.18 bits per heavy atom. The molecule has 2 aromatic carbocycles. The van der Waals surface area contributed by atoms with Gasteiger partial charge in [0.25, 0.3) is 0 Å². The molecule has 8 heteroatoms. The number of aryl methyl sites for hydroxylation is 1. The summed E-state index contributed by atoms with van der Waals surface area (Å²) in [6.07, 6.45) is 7.99. The maximum atomic E-state index is 13.5. The molecule has 38 heavy (non-hydrogen) atoms. The van der Waals surface area contributed by atoms with Crippen LogP contribution in [0.25, 0.3) is 0 Å². The number of benzene rings is 2. The van der Waals surface area contributed by atoms with Gasteiger partial charge in [-0.2, -0.15) is 0 Å². The molecule has 1 aliphatic carbocycles. The second kappa shape index (κ2) is 14.3. The molecule has 0 aromatic heterocycles. The summed E-state index contributed by atoms with van der Waals surface area (Å²) in [5, 5.41) is 3.17. The molecule has 0 aliphatic heterocycles. The maximum Gasteiger partial charge on any atom is 0.243 e. The fraction of sp³-hybridized carbons (Fsp3) is 0.533. The Labute approximate surface area is 228 Å². The van der Waals surface area contributed by atoms with Crippen molar-refractivity contribution in [2.45, 2.75) is 83.7 Å². The summed E-state index contributed by atoms with van der Waals surface area (Å²) >= 11 is 0. The van der Waals surface area contributed by atoms with Crippen molar-refractivity contribution in [2.75, 3.05) is 23.7 Å². The Morgan fingerprint density at radius 2 is 1.61 bits per heavy atom. The van der Waals surface area contributed by atoms with E-state index in [1.807, 2.05) is 61.5 Å². The van der Waals surface area contributed by atoms with E-state index in [0.29, 0.717) is 31.5 Å². The van der Waals surface area contributed by atoms with E-state index >= 15 is 0 Å². The van der Waals surface area contributed by atoms with Crippen LogP contribution in [0.2, 0.25) is 0 Å². The van der Waals surface area contributed by atoms with Gasteiger partial charge >= 0.3 is 0 Å². The van der Waals surface area contributed by atoms with Crippen molar-refractivity contribution in [2.24, 2.45) is 0 Å². The quantitative estimate of drug-likeness (QED) is 0.376. The lowest BCUT2D eigenvalue weighted by Gasteiger charge is -2.32. The zero-order valence-corrected chi connectivity index (χ0v) is 23.9. The molecule has 1 saturated carbocycles. The number of hydrogen-bond donors (Lipinski definition) is 1. The molecule has 0 heterocycles. The predicted octanol–water partition coefficient (Wildman–Crippen LogP) is 4.70. The van der Waals surface area contributed by atoms with E-state index in [2.05, 4.69) is 12.2 Å². The van der Waals surface area contributed by atoms with Crippen LogP contribution in [0, 0.1) is 0 Å². The van der Waals surface area contributed by atoms with E-state index in [0.717, 1.165) is 43.2 Å². The van der Waals surface area contributed by atoms with Crippen LogP contribution in [-0.2, 0) is 32.5 Å². The van der Waals surface area contributed by atoms with Crippen LogP contribution in [0.15, 0.2) is 54.6 Å². The summed E-state index contributed by atoms with van der Waals surface area (Å²) < 4.78 is 26.4. The number of sulfonamides is 1. The van der Waals surface area contributed by atoms with Crippen molar-refractivity contribution in [3.8, 4) is 0 Å². The molecule has 3 rings (SSSR count). The van der Waals surface area contributed by atoms with Crippen LogP contribution in [-0.4, -0.2) is 56.6 Å². The molecule has 2 aromatic rings. The summed E-state index contributed by atoms with van der Waals surface area (Å²) in [6.45, 7) is 4.63. The average Bonchev–Trinajstić information content (AvgIpc) is 3.42. The number of hydrogen-bond acceptors (Lipinski definition) is 4. The molecule has 1 atom stereocenters. The highest BCUT2D eigenvalue weighted by Gasteiger charge is 2.30. The SMILES string of the molecule is CCc1ccc(N(CCCC(=O)N(CCc2ccccc2)[C@H](CC)C(=O)NC2CCCC2)S(C)(=O)=O)cc1. The minimum atomic E-state index is -3.51. The molecule has 0 bridgehead atoms. The van der Waals surface area contributed by atoms with Crippen molar-refractivity contribution in [1.29, 1.82) is 0 Å². The number of amides is 2. The van der Waals surface area contributed by atoms with E-state index < -0.39 is 16.1 Å². The monoisotopic (exact) mass is 541 g/mol. The minimum Gasteiger partial charge on any atom is -0.352 e. The molecule has 7 nitrogen and oxygen atoms in total. The second-order valence-corrected chi connectivity index (χ2v) is 12.1. The molecule has 208 valence electrons. The van der Waals surface area contributed by atoms with E-state index in [-0.39, 0.29) is 30.8 Å². The van der Waals surface area contributed by atoms with Crippen molar-refractivity contribution in [3.63, 3.8) is 0 Å². The van der Waals surface area contributed by atoms with Crippen LogP contribution in [0.1, 0.15) is 69.9 Å². The summed E-state index contributed by atoms with van der Waals surface area (Å²) in [5.41, 5.74) is 2.84. The van der Waals surface area contributed by atoms with Gasteiger partial charge in [0.2, 0.25) is 21.8 Å². The largest absolute Gasteiger partial charge is 0.352 e. The molecule has 1 N–H and O–H groups in total. The van der Waals surface area contributed by atoms with Gasteiger partial charge < -0.3 is 10.2 Å². The van der Waals surface area contributed by atoms with Gasteiger partial charge in [0.05, 0.1) is 11.9 Å². The van der Waals surface area contributed by atoms with Gasteiger partial charge in [-0.3, -0.25) is 13.9 Å². The normalized spacial score (nSPS) is 14.7. The number of carbonyl (C=O) groups excluding carboxylic acids is 2. The van der Waals surface area contributed by atoms with E-state index in [1.54, 1.807) is 4.90 Å². The molecule has 0 radical (unpaired) electrons. The Morgan fingerprint density at radius 1 is 0.947 bits per heavy atom. The van der Waals surface area contributed by atoms with Crippen molar-refractivity contribution >= 4 is 27.5 Å². The van der Waals surface area contributed by atoms with Gasteiger partial charge in [-0.25, -0.2) is 8.42 Å².